The van der Waals surface area contributed by atoms with Gasteiger partial charge in [-0.3, -0.25) is 9.78 Å². The third kappa shape index (κ3) is 3.31. The maximum Gasteiger partial charge on any atom is 0.255 e. The van der Waals surface area contributed by atoms with Gasteiger partial charge in [0.1, 0.15) is 0 Å². The second kappa shape index (κ2) is 6.00. The minimum absolute atomic E-state index is 0.117. The summed E-state index contributed by atoms with van der Waals surface area (Å²) in [7, 11) is 0. The number of anilines is 2. The zero-order valence-corrected chi connectivity index (χ0v) is 11.1. The third-order valence-electron chi connectivity index (χ3n) is 2.77. The Balaban J connectivity index is 2.15. The van der Waals surface area contributed by atoms with Crippen LogP contribution in [0.1, 0.15) is 22.8 Å². The fourth-order valence-corrected chi connectivity index (χ4v) is 1.87. The van der Waals surface area contributed by atoms with Crippen molar-refractivity contribution in [1.82, 2.24) is 4.98 Å². The Morgan fingerprint density at radius 2 is 2.11 bits per heavy atom. The summed E-state index contributed by atoms with van der Waals surface area (Å²) in [6.07, 6.45) is 3.30. The van der Waals surface area contributed by atoms with Gasteiger partial charge >= 0.3 is 0 Å². The summed E-state index contributed by atoms with van der Waals surface area (Å²) in [5, 5.41) is 6.05. The molecule has 0 unspecified atom stereocenters. The van der Waals surface area contributed by atoms with E-state index in [-0.39, 0.29) is 5.91 Å². The zero-order chi connectivity index (χ0) is 13.7. The molecule has 0 saturated heterocycles. The number of aryl methyl sites for hydroxylation is 1. The number of pyridine rings is 1. The minimum atomic E-state index is -0.117. The highest BCUT2D eigenvalue weighted by molar-refractivity contribution is 6.05. The average Bonchev–Trinajstić information content (AvgIpc) is 2.40. The van der Waals surface area contributed by atoms with Crippen LogP contribution in [0.2, 0.25) is 0 Å². The molecule has 0 aliphatic carbocycles. The standard InChI is InChI=1S/C15H17N3O/c1-3-17-12-6-7-14(11(2)9-12)15(19)18-13-5-4-8-16-10-13/h4-10,17H,3H2,1-2H3,(H,18,19). The number of carbonyl (C=O) groups excluding carboxylic acids is 1. The van der Waals surface area contributed by atoms with E-state index in [1.165, 1.54) is 0 Å². The number of carbonyl (C=O) groups is 1. The van der Waals surface area contributed by atoms with E-state index in [0.29, 0.717) is 11.3 Å². The Morgan fingerprint density at radius 3 is 2.74 bits per heavy atom. The lowest BCUT2D eigenvalue weighted by Crippen LogP contribution is -2.13. The molecule has 0 radical (unpaired) electrons. The maximum atomic E-state index is 12.1. The van der Waals surface area contributed by atoms with Gasteiger partial charge in [0.2, 0.25) is 0 Å². The normalized spacial score (nSPS) is 10.0. The largest absolute Gasteiger partial charge is 0.385 e. The highest BCUT2D eigenvalue weighted by Gasteiger charge is 2.09. The fraction of sp³-hybridized carbons (Fsp3) is 0.200. The number of benzene rings is 1. The molecule has 0 fully saturated rings. The van der Waals surface area contributed by atoms with Crippen LogP contribution >= 0.6 is 0 Å². The summed E-state index contributed by atoms with van der Waals surface area (Å²) in [6.45, 7) is 4.83. The summed E-state index contributed by atoms with van der Waals surface area (Å²) in [6, 6.07) is 9.32. The topological polar surface area (TPSA) is 54.0 Å². The predicted octanol–water partition coefficient (Wildman–Crippen LogP) is 3.07. The molecule has 4 heteroatoms. The van der Waals surface area contributed by atoms with Crippen LogP contribution in [0.4, 0.5) is 11.4 Å². The molecule has 2 rings (SSSR count). The summed E-state index contributed by atoms with van der Waals surface area (Å²) in [5.41, 5.74) is 3.34. The lowest BCUT2D eigenvalue weighted by atomic mass is 10.1. The number of hydrogen-bond donors (Lipinski definition) is 2. The van der Waals surface area contributed by atoms with Crippen LogP contribution in [-0.2, 0) is 0 Å². The molecule has 0 aliphatic rings. The van der Waals surface area contributed by atoms with Gasteiger partial charge in [-0.25, -0.2) is 0 Å². The molecule has 19 heavy (non-hydrogen) atoms. The van der Waals surface area contributed by atoms with Crippen molar-refractivity contribution < 1.29 is 4.79 Å². The molecule has 1 aromatic carbocycles. The van der Waals surface area contributed by atoms with Crippen LogP contribution in [0.5, 0.6) is 0 Å². The Bertz CT molecular complexity index is 567. The zero-order valence-electron chi connectivity index (χ0n) is 11.1. The molecular formula is C15H17N3O. The van der Waals surface area contributed by atoms with Crippen molar-refractivity contribution in [1.29, 1.82) is 0 Å². The van der Waals surface area contributed by atoms with Crippen molar-refractivity contribution in [2.24, 2.45) is 0 Å². The van der Waals surface area contributed by atoms with Gasteiger partial charge in [0.25, 0.3) is 5.91 Å². The summed E-state index contributed by atoms with van der Waals surface area (Å²) in [4.78, 5) is 16.1. The summed E-state index contributed by atoms with van der Waals surface area (Å²) < 4.78 is 0. The van der Waals surface area contributed by atoms with Crippen LogP contribution < -0.4 is 10.6 Å². The van der Waals surface area contributed by atoms with Gasteiger partial charge in [-0.2, -0.15) is 0 Å². The van der Waals surface area contributed by atoms with E-state index in [1.807, 2.05) is 38.1 Å². The van der Waals surface area contributed by atoms with Crippen molar-refractivity contribution in [3.05, 3.63) is 53.9 Å². The Labute approximate surface area is 112 Å². The van der Waals surface area contributed by atoms with Crippen LogP contribution in [0.3, 0.4) is 0 Å². The third-order valence-corrected chi connectivity index (χ3v) is 2.77. The Hall–Kier alpha value is -2.36. The van der Waals surface area contributed by atoms with Gasteiger partial charge in [-0.1, -0.05) is 0 Å². The fourth-order valence-electron chi connectivity index (χ4n) is 1.87. The molecule has 2 aromatic rings. The van der Waals surface area contributed by atoms with Gasteiger partial charge in [0.15, 0.2) is 0 Å². The van der Waals surface area contributed by atoms with E-state index in [1.54, 1.807) is 18.5 Å². The quantitative estimate of drug-likeness (QED) is 0.882. The van der Waals surface area contributed by atoms with Crippen molar-refractivity contribution in [3.63, 3.8) is 0 Å². The van der Waals surface area contributed by atoms with E-state index in [9.17, 15) is 4.79 Å². The van der Waals surface area contributed by atoms with Crippen molar-refractivity contribution in [3.8, 4) is 0 Å². The van der Waals surface area contributed by atoms with Gasteiger partial charge in [-0.05, 0) is 49.7 Å². The van der Waals surface area contributed by atoms with Crippen LogP contribution in [-0.4, -0.2) is 17.4 Å². The molecule has 0 bridgehead atoms. The molecular weight excluding hydrogens is 238 g/mol. The number of rotatable bonds is 4. The average molecular weight is 255 g/mol. The molecule has 2 N–H and O–H groups in total. The maximum absolute atomic E-state index is 12.1. The smallest absolute Gasteiger partial charge is 0.255 e. The van der Waals surface area contributed by atoms with E-state index in [4.69, 9.17) is 0 Å². The second-order valence-corrected chi connectivity index (χ2v) is 4.26. The first-order valence-electron chi connectivity index (χ1n) is 6.26. The number of nitrogens with one attached hydrogen (secondary N) is 2. The first-order chi connectivity index (χ1) is 9.20. The Morgan fingerprint density at radius 1 is 1.26 bits per heavy atom. The van der Waals surface area contributed by atoms with E-state index in [2.05, 4.69) is 15.6 Å². The van der Waals surface area contributed by atoms with Crippen LogP contribution in [0.25, 0.3) is 0 Å². The van der Waals surface area contributed by atoms with E-state index >= 15 is 0 Å². The highest BCUT2D eigenvalue weighted by atomic mass is 16.1. The van der Waals surface area contributed by atoms with Gasteiger partial charge < -0.3 is 10.6 Å². The summed E-state index contributed by atoms with van der Waals surface area (Å²) in [5.74, 6) is -0.117. The second-order valence-electron chi connectivity index (χ2n) is 4.26. The lowest BCUT2D eigenvalue weighted by molar-refractivity contribution is 0.102. The lowest BCUT2D eigenvalue weighted by Gasteiger charge is -2.10. The van der Waals surface area contributed by atoms with Crippen molar-refractivity contribution in [2.75, 3.05) is 17.2 Å². The number of aromatic nitrogens is 1. The molecule has 0 saturated carbocycles. The van der Waals surface area contributed by atoms with Crippen molar-refractivity contribution in [2.45, 2.75) is 13.8 Å². The SMILES string of the molecule is CCNc1ccc(C(=O)Nc2cccnc2)c(C)c1. The minimum Gasteiger partial charge on any atom is -0.385 e. The monoisotopic (exact) mass is 255 g/mol. The summed E-state index contributed by atoms with van der Waals surface area (Å²) >= 11 is 0. The number of hydrogen-bond acceptors (Lipinski definition) is 3. The molecule has 0 aliphatic heterocycles. The predicted molar refractivity (Wildman–Crippen MR) is 77.5 cm³/mol. The van der Waals surface area contributed by atoms with Gasteiger partial charge in [-0.15, -0.1) is 0 Å². The molecule has 4 nitrogen and oxygen atoms in total. The van der Waals surface area contributed by atoms with Gasteiger partial charge in [0, 0.05) is 24.0 Å². The van der Waals surface area contributed by atoms with E-state index in [0.717, 1.165) is 17.8 Å². The molecule has 0 atom stereocenters. The highest BCUT2D eigenvalue weighted by Crippen LogP contribution is 2.16. The van der Waals surface area contributed by atoms with E-state index < -0.39 is 0 Å². The first kappa shape index (κ1) is 13.1. The van der Waals surface area contributed by atoms with Crippen LogP contribution in [0, 0.1) is 6.92 Å². The molecule has 1 heterocycles. The molecule has 1 aromatic heterocycles. The molecule has 98 valence electrons. The molecule has 0 spiro atoms. The number of amides is 1. The van der Waals surface area contributed by atoms with Crippen LogP contribution in [0.15, 0.2) is 42.7 Å². The number of nitrogens with zero attached hydrogens (tertiary/aromatic N) is 1. The Kier molecular flexibility index (Phi) is 4.13. The first-order valence-corrected chi connectivity index (χ1v) is 6.26. The van der Waals surface area contributed by atoms with Gasteiger partial charge in [0.05, 0.1) is 11.9 Å². The molecule has 1 amide bonds. The van der Waals surface area contributed by atoms with Crippen molar-refractivity contribution >= 4 is 17.3 Å².